The average Bonchev–Trinajstić information content (AvgIpc) is 3.38. The molecule has 4 rings (SSSR count). The minimum atomic E-state index is -3.87. The van der Waals surface area contributed by atoms with Crippen molar-refractivity contribution < 1.29 is 27.9 Å². The summed E-state index contributed by atoms with van der Waals surface area (Å²) < 4.78 is 35.3. The van der Waals surface area contributed by atoms with Crippen molar-refractivity contribution in [3.05, 3.63) is 36.3 Å². The van der Waals surface area contributed by atoms with E-state index in [1.807, 2.05) is 6.92 Å². The highest BCUT2D eigenvalue weighted by molar-refractivity contribution is 7.89. The molecule has 1 aliphatic heterocycles. The summed E-state index contributed by atoms with van der Waals surface area (Å²) in [6.07, 6.45) is 7.50. The molecule has 0 bridgehead atoms. The maximum atomic E-state index is 13.7. The minimum Gasteiger partial charge on any atom is -0.488 e. The number of nitrogens with one attached hydrogen (secondary N) is 2. The van der Waals surface area contributed by atoms with Gasteiger partial charge in [-0.25, -0.2) is 18.2 Å². The molecule has 40 heavy (non-hydrogen) atoms. The van der Waals surface area contributed by atoms with Gasteiger partial charge in [-0.05, 0) is 38.0 Å². The Morgan fingerprint density at radius 1 is 1.27 bits per heavy atom. The second-order valence-corrected chi connectivity index (χ2v) is 12.9. The first kappa shape index (κ1) is 29.8. The normalized spacial score (nSPS) is 21.2. The van der Waals surface area contributed by atoms with Crippen molar-refractivity contribution in [1.82, 2.24) is 24.1 Å². The van der Waals surface area contributed by atoms with Crippen LogP contribution in [0.1, 0.15) is 56.3 Å². The van der Waals surface area contributed by atoms with Crippen LogP contribution in [0.5, 0.6) is 5.75 Å². The monoisotopic (exact) mass is 576 g/mol. The summed E-state index contributed by atoms with van der Waals surface area (Å²) in [6.45, 7) is 3.64. The van der Waals surface area contributed by atoms with E-state index in [1.54, 1.807) is 41.6 Å². The van der Waals surface area contributed by atoms with Gasteiger partial charge in [-0.15, -0.1) is 0 Å². The Morgan fingerprint density at radius 3 is 2.65 bits per heavy atom. The molecule has 3 N–H and O–H groups in total. The molecule has 0 radical (unpaired) electrons. The SMILES string of the molecule is C[C@H]1CN([C@@H](C)CO)C(=O)c2cc(NC(=O)NC3CCCCC3)ccc2O[C@@H]1CN(C)S(=O)(=O)c1cn(C)cn1. The van der Waals surface area contributed by atoms with Gasteiger partial charge in [0.25, 0.3) is 15.9 Å². The van der Waals surface area contributed by atoms with E-state index in [-0.39, 0.29) is 59.9 Å². The van der Waals surface area contributed by atoms with E-state index >= 15 is 0 Å². The molecule has 0 saturated heterocycles. The first-order valence-electron chi connectivity index (χ1n) is 13.7. The first-order valence-corrected chi connectivity index (χ1v) is 15.2. The van der Waals surface area contributed by atoms with E-state index in [0.29, 0.717) is 5.69 Å². The molecule has 0 spiro atoms. The predicted octanol–water partition coefficient (Wildman–Crippen LogP) is 2.42. The van der Waals surface area contributed by atoms with Crippen molar-refractivity contribution in [3.63, 3.8) is 0 Å². The van der Waals surface area contributed by atoms with Crippen LogP contribution in [0.25, 0.3) is 0 Å². The summed E-state index contributed by atoms with van der Waals surface area (Å²) in [6, 6.07) is 4.15. The van der Waals surface area contributed by atoms with E-state index in [4.69, 9.17) is 4.74 Å². The fourth-order valence-electron chi connectivity index (χ4n) is 5.15. The molecule has 3 amide bonds. The van der Waals surface area contributed by atoms with E-state index in [1.165, 1.54) is 30.3 Å². The van der Waals surface area contributed by atoms with Crippen LogP contribution in [0.2, 0.25) is 0 Å². The lowest BCUT2D eigenvalue weighted by Gasteiger charge is -2.38. The van der Waals surface area contributed by atoms with Gasteiger partial charge < -0.3 is 29.9 Å². The van der Waals surface area contributed by atoms with Gasteiger partial charge in [-0.2, -0.15) is 4.31 Å². The van der Waals surface area contributed by atoms with Crippen LogP contribution >= 0.6 is 0 Å². The number of hydrogen-bond acceptors (Lipinski definition) is 7. The highest BCUT2D eigenvalue weighted by Gasteiger charge is 2.36. The number of aliphatic hydroxyl groups is 1. The smallest absolute Gasteiger partial charge is 0.319 e. The number of aryl methyl sites for hydroxylation is 1. The number of likely N-dealkylation sites (N-methyl/N-ethyl adjacent to an activating group) is 1. The van der Waals surface area contributed by atoms with Gasteiger partial charge in [0.1, 0.15) is 11.9 Å². The highest BCUT2D eigenvalue weighted by atomic mass is 32.2. The number of rotatable bonds is 8. The lowest BCUT2D eigenvalue weighted by atomic mass is 9.96. The van der Waals surface area contributed by atoms with E-state index in [2.05, 4.69) is 15.6 Å². The van der Waals surface area contributed by atoms with Crippen molar-refractivity contribution in [2.45, 2.75) is 69.2 Å². The molecule has 1 aromatic carbocycles. The molecular formula is C27H40N6O6S. The standard InChI is InChI=1S/C27H40N6O6S/c1-18-13-33(19(2)16-34)26(35)22-12-21(30-27(36)29-20-8-6-5-7-9-20)10-11-23(22)39-24(18)14-32(4)40(37,38)25-15-31(3)17-28-25/h10-12,15,17-20,24,34H,5-9,13-14,16H2,1-4H3,(H2,29,30,36)/t18-,19-,24+/m0/s1. The molecule has 2 heterocycles. The number of imidazole rings is 1. The Hall–Kier alpha value is -3.16. The lowest BCUT2D eigenvalue weighted by Crippen LogP contribution is -2.50. The van der Waals surface area contributed by atoms with Crippen LogP contribution in [0.3, 0.4) is 0 Å². The quantitative estimate of drug-likeness (QED) is 0.437. The number of hydrogen-bond donors (Lipinski definition) is 3. The fraction of sp³-hybridized carbons (Fsp3) is 0.593. The maximum absolute atomic E-state index is 13.7. The Kier molecular flexibility index (Phi) is 9.37. The molecule has 1 fully saturated rings. The van der Waals surface area contributed by atoms with Crippen molar-refractivity contribution >= 4 is 27.6 Å². The summed E-state index contributed by atoms with van der Waals surface area (Å²) in [5, 5.41) is 15.7. The molecule has 220 valence electrons. The van der Waals surface area contributed by atoms with Crippen LogP contribution < -0.4 is 15.4 Å². The third-order valence-corrected chi connectivity index (χ3v) is 9.37. The number of aromatic nitrogens is 2. The number of sulfonamides is 1. The second kappa shape index (κ2) is 12.6. The van der Waals surface area contributed by atoms with Crippen LogP contribution in [0.4, 0.5) is 10.5 Å². The van der Waals surface area contributed by atoms with Gasteiger partial charge in [-0.3, -0.25) is 4.79 Å². The van der Waals surface area contributed by atoms with E-state index in [0.717, 1.165) is 25.7 Å². The molecule has 1 aliphatic carbocycles. The summed E-state index contributed by atoms with van der Waals surface area (Å²) in [5.74, 6) is -0.335. The molecule has 13 heteroatoms. The summed E-state index contributed by atoms with van der Waals surface area (Å²) in [5.41, 5.74) is 0.656. The minimum absolute atomic E-state index is 0.0127. The van der Waals surface area contributed by atoms with Gasteiger partial charge in [0.05, 0.1) is 31.1 Å². The number of urea groups is 1. The number of nitrogens with zero attached hydrogens (tertiary/aromatic N) is 4. The van der Waals surface area contributed by atoms with E-state index in [9.17, 15) is 23.1 Å². The van der Waals surface area contributed by atoms with Crippen LogP contribution in [0, 0.1) is 5.92 Å². The number of fused-ring (bicyclic) bond motifs is 1. The van der Waals surface area contributed by atoms with Gasteiger partial charge >= 0.3 is 6.03 Å². The zero-order chi connectivity index (χ0) is 29.0. The van der Waals surface area contributed by atoms with Gasteiger partial charge in [0.15, 0.2) is 5.03 Å². The number of ether oxygens (including phenoxy) is 1. The third-order valence-electron chi connectivity index (χ3n) is 7.66. The number of carbonyl (C=O) groups excluding carboxylic acids is 2. The first-order chi connectivity index (χ1) is 19.0. The number of carbonyl (C=O) groups is 2. The Morgan fingerprint density at radius 2 is 2.00 bits per heavy atom. The third kappa shape index (κ3) is 6.76. The topological polar surface area (TPSA) is 146 Å². The number of amides is 3. The molecule has 0 unspecified atom stereocenters. The molecule has 1 aromatic heterocycles. The second-order valence-electron chi connectivity index (χ2n) is 10.9. The Labute approximate surface area is 235 Å². The van der Waals surface area contributed by atoms with E-state index < -0.39 is 22.2 Å². The average molecular weight is 577 g/mol. The largest absolute Gasteiger partial charge is 0.488 e. The number of anilines is 1. The molecule has 2 aliphatic rings. The number of aliphatic hydroxyl groups excluding tert-OH is 1. The summed E-state index contributed by atoms with van der Waals surface area (Å²) in [4.78, 5) is 31.9. The molecule has 2 aromatic rings. The maximum Gasteiger partial charge on any atom is 0.319 e. The number of benzene rings is 1. The Balaban J connectivity index is 1.59. The van der Waals surface area contributed by atoms with Gasteiger partial charge in [0.2, 0.25) is 0 Å². The Bertz CT molecular complexity index is 1310. The summed E-state index contributed by atoms with van der Waals surface area (Å²) in [7, 11) is -0.708. The lowest BCUT2D eigenvalue weighted by molar-refractivity contribution is 0.0387. The summed E-state index contributed by atoms with van der Waals surface area (Å²) >= 11 is 0. The fourth-order valence-corrected chi connectivity index (χ4v) is 6.29. The van der Waals surface area contributed by atoms with Crippen molar-refractivity contribution in [2.75, 3.05) is 32.1 Å². The van der Waals surface area contributed by atoms with Crippen molar-refractivity contribution in [1.29, 1.82) is 0 Å². The molecular weight excluding hydrogens is 536 g/mol. The van der Waals surface area contributed by atoms with Gasteiger partial charge in [-0.1, -0.05) is 26.2 Å². The molecule has 1 saturated carbocycles. The van der Waals surface area contributed by atoms with Crippen molar-refractivity contribution in [3.8, 4) is 5.75 Å². The molecule has 12 nitrogen and oxygen atoms in total. The van der Waals surface area contributed by atoms with Crippen LogP contribution in [-0.4, -0.2) is 89.2 Å². The van der Waals surface area contributed by atoms with Crippen LogP contribution in [0.15, 0.2) is 35.7 Å². The predicted molar refractivity (Wildman–Crippen MR) is 150 cm³/mol. The van der Waals surface area contributed by atoms with Crippen molar-refractivity contribution in [2.24, 2.45) is 13.0 Å². The van der Waals surface area contributed by atoms with Gasteiger partial charge in [0, 0.05) is 44.5 Å². The molecule has 3 atom stereocenters. The zero-order valence-corrected chi connectivity index (χ0v) is 24.4. The van der Waals surface area contributed by atoms with Crippen LogP contribution in [-0.2, 0) is 17.1 Å². The highest BCUT2D eigenvalue weighted by Crippen LogP contribution is 2.31. The zero-order valence-electron chi connectivity index (χ0n) is 23.5.